The van der Waals surface area contributed by atoms with Crippen LogP contribution < -0.4 is 5.73 Å². The average molecular weight is 285 g/mol. The second-order valence-corrected chi connectivity index (χ2v) is 7.85. The number of rotatable bonds is 4. The third kappa shape index (κ3) is 2.70. The highest BCUT2D eigenvalue weighted by molar-refractivity contribution is 7.89. The van der Waals surface area contributed by atoms with Gasteiger partial charge in [-0.05, 0) is 24.8 Å². The number of nitrogens with two attached hydrogens (primary N) is 1. The van der Waals surface area contributed by atoms with Crippen LogP contribution in [0.5, 0.6) is 0 Å². The van der Waals surface area contributed by atoms with Crippen molar-refractivity contribution < 1.29 is 8.42 Å². The molecule has 0 radical (unpaired) electrons. The lowest BCUT2D eigenvalue weighted by atomic mass is 9.93. The lowest BCUT2D eigenvalue weighted by Crippen LogP contribution is -2.30. The monoisotopic (exact) mass is 285 g/mol. The van der Waals surface area contributed by atoms with E-state index < -0.39 is 10.0 Å². The molecule has 0 unspecified atom stereocenters. The first kappa shape index (κ1) is 14.6. The fraction of sp³-hybridized carbons (Fsp3) is 0.692. The molecule has 0 amide bonds. The standard InChI is InChI=1S/C13H23N3O2S/c1-4-15-9-12(7-11(15)8-14)19(17,18)16-6-5-13(2,3)10-16/h7,9H,4-6,8,10,14H2,1-3H3. The van der Waals surface area contributed by atoms with Gasteiger partial charge in [-0.2, -0.15) is 4.31 Å². The van der Waals surface area contributed by atoms with Crippen LogP contribution in [0.2, 0.25) is 0 Å². The maximum atomic E-state index is 12.6. The maximum absolute atomic E-state index is 12.6. The SMILES string of the molecule is CCn1cc(S(=O)(=O)N2CCC(C)(C)C2)cc1CN. The Morgan fingerprint density at radius 3 is 2.53 bits per heavy atom. The van der Waals surface area contributed by atoms with Gasteiger partial charge in [0.15, 0.2) is 0 Å². The van der Waals surface area contributed by atoms with Gasteiger partial charge in [-0.3, -0.25) is 0 Å². The van der Waals surface area contributed by atoms with E-state index in [0.717, 1.165) is 18.7 Å². The van der Waals surface area contributed by atoms with Gasteiger partial charge in [-0.25, -0.2) is 8.42 Å². The Balaban J connectivity index is 2.32. The normalized spacial score (nSPS) is 20.0. The minimum Gasteiger partial charge on any atom is -0.349 e. The molecule has 2 heterocycles. The second-order valence-electron chi connectivity index (χ2n) is 5.91. The van der Waals surface area contributed by atoms with E-state index in [1.807, 2.05) is 11.5 Å². The van der Waals surface area contributed by atoms with Crippen molar-refractivity contribution in [2.24, 2.45) is 11.1 Å². The Morgan fingerprint density at radius 1 is 1.42 bits per heavy atom. The number of nitrogens with zero attached hydrogens (tertiary/aromatic N) is 2. The van der Waals surface area contributed by atoms with Crippen molar-refractivity contribution in [2.45, 2.75) is 45.2 Å². The van der Waals surface area contributed by atoms with Gasteiger partial charge in [-0.15, -0.1) is 0 Å². The van der Waals surface area contributed by atoms with E-state index in [2.05, 4.69) is 13.8 Å². The van der Waals surface area contributed by atoms with E-state index in [1.54, 1.807) is 16.6 Å². The summed E-state index contributed by atoms with van der Waals surface area (Å²) in [5, 5.41) is 0. The first-order chi connectivity index (χ1) is 8.80. The van der Waals surface area contributed by atoms with Crippen LogP contribution in [-0.2, 0) is 23.1 Å². The first-order valence-electron chi connectivity index (χ1n) is 6.69. The zero-order chi connectivity index (χ0) is 14.3. The first-order valence-corrected chi connectivity index (χ1v) is 8.13. The van der Waals surface area contributed by atoms with Crippen LogP contribution in [0.15, 0.2) is 17.2 Å². The summed E-state index contributed by atoms with van der Waals surface area (Å²) in [6.45, 7) is 8.46. The third-order valence-corrected chi connectivity index (χ3v) is 5.60. The average Bonchev–Trinajstić information content (AvgIpc) is 2.92. The van der Waals surface area contributed by atoms with Crippen molar-refractivity contribution in [3.63, 3.8) is 0 Å². The van der Waals surface area contributed by atoms with Crippen LogP contribution in [0.4, 0.5) is 0 Å². The molecule has 6 heteroatoms. The van der Waals surface area contributed by atoms with Crippen LogP contribution in [0.1, 0.15) is 32.9 Å². The maximum Gasteiger partial charge on any atom is 0.244 e. The molecule has 2 rings (SSSR count). The Labute approximate surface area is 115 Å². The molecule has 0 spiro atoms. The number of sulfonamides is 1. The molecule has 2 N–H and O–H groups in total. The van der Waals surface area contributed by atoms with E-state index in [-0.39, 0.29) is 5.41 Å². The van der Waals surface area contributed by atoms with Crippen molar-refractivity contribution in [3.8, 4) is 0 Å². The van der Waals surface area contributed by atoms with Crippen molar-refractivity contribution in [2.75, 3.05) is 13.1 Å². The lowest BCUT2D eigenvalue weighted by Gasteiger charge is -2.19. The highest BCUT2D eigenvalue weighted by atomic mass is 32.2. The highest BCUT2D eigenvalue weighted by Gasteiger charge is 2.37. The van der Waals surface area contributed by atoms with E-state index in [0.29, 0.717) is 24.5 Å². The Bertz CT molecular complexity index is 539. The summed E-state index contributed by atoms with van der Waals surface area (Å²) in [6, 6.07) is 1.70. The summed E-state index contributed by atoms with van der Waals surface area (Å²) in [5.41, 5.74) is 6.58. The lowest BCUT2D eigenvalue weighted by molar-refractivity contribution is 0.375. The number of hydrogen-bond acceptors (Lipinski definition) is 3. The summed E-state index contributed by atoms with van der Waals surface area (Å²) in [7, 11) is -3.37. The molecule has 1 fully saturated rings. The minimum atomic E-state index is -3.37. The molecule has 1 aromatic rings. The van der Waals surface area contributed by atoms with Gasteiger partial charge in [0, 0.05) is 38.1 Å². The quantitative estimate of drug-likeness (QED) is 0.909. The summed E-state index contributed by atoms with van der Waals surface area (Å²) in [6.07, 6.45) is 2.60. The molecule has 19 heavy (non-hydrogen) atoms. The number of aryl methyl sites for hydroxylation is 1. The van der Waals surface area contributed by atoms with Crippen LogP contribution in [0.25, 0.3) is 0 Å². The summed E-state index contributed by atoms with van der Waals surface area (Å²) >= 11 is 0. The topological polar surface area (TPSA) is 68.3 Å². The molecule has 0 bridgehead atoms. The molecule has 0 atom stereocenters. The Kier molecular flexibility index (Phi) is 3.77. The molecule has 1 saturated heterocycles. The molecule has 1 aliphatic rings. The summed E-state index contributed by atoms with van der Waals surface area (Å²) in [4.78, 5) is 0.368. The zero-order valence-corrected chi connectivity index (χ0v) is 12.7. The van der Waals surface area contributed by atoms with E-state index in [9.17, 15) is 8.42 Å². The van der Waals surface area contributed by atoms with Crippen molar-refractivity contribution in [3.05, 3.63) is 18.0 Å². The predicted molar refractivity (Wildman–Crippen MR) is 75.2 cm³/mol. The zero-order valence-electron chi connectivity index (χ0n) is 11.9. The molecule has 108 valence electrons. The van der Waals surface area contributed by atoms with Gasteiger partial charge in [-0.1, -0.05) is 13.8 Å². The number of hydrogen-bond donors (Lipinski definition) is 1. The minimum absolute atomic E-state index is 0.0666. The van der Waals surface area contributed by atoms with Crippen LogP contribution in [0.3, 0.4) is 0 Å². The molecule has 0 saturated carbocycles. The number of aromatic nitrogens is 1. The fourth-order valence-corrected chi connectivity index (χ4v) is 4.24. The molecular formula is C13H23N3O2S. The van der Waals surface area contributed by atoms with Gasteiger partial charge in [0.05, 0.1) is 0 Å². The molecule has 1 aliphatic heterocycles. The second kappa shape index (κ2) is 4.92. The summed E-state index contributed by atoms with van der Waals surface area (Å²) in [5.74, 6) is 0. The molecule has 5 nitrogen and oxygen atoms in total. The largest absolute Gasteiger partial charge is 0.349 e. The Morgan fingerprint density at radius 2 is 2.11 bits per heavy atom. The van der Waals surface area contributed by atoms with Crippen molar-refractivity contribution in [1.29, 1.82) is 0 Å². The van der Waals surface area contributed by atoms with Crippen LogP contribution in [0, 0.1) is 5.41 Å². The highest BCUT2D eigenvalue weighted by Crippen LogP contribution is 2.33. The molecular weight excluding hydrogens is 262 g/mol. The van der Waals surface area contributed by atoms with Crippen LogP contribution in [-0.4, -0.2) is 30.4 Å². The van der Waals surface area contributed by atoms with Gasteiger partial charge in [0.25, 0.3) is 0 Å². The van der Waals surface area contributed by atoms with Gasteiger partial charge < -0.3 is 10.3 Å². The Hall–Kier alpha value is -0.850. The van der Waals surface area contributed by atoms with E-state index in [4.69, 9.17) is 5.73 Å². The van der Waals surface area contributed by atoms with Gasteiger partial charge >= 0.3 is 0 Å². The fourth-order valence-electron chi connectivity index (χ4n) is 2.55. The smallest absolute Gasteiger partial charge is 0.244 e. The van der Waals surface area contributed by atoms with Crippen molar-refractivity contribution >= 4 is 10.0 Å². The summed E-state index contributed by atoms with van der Waals surface area (Å²) < 4.78 is 28.7. The van der Waals surface area contributed by atoms with Crippen molar-refractivity contribution in [1.82, 2.24) is 8.87 Å². The van der Waals surface area contributed by atoms with Crippen LogP contribution >= 0.6 is 0 Å². The predicted octanol–water partition coefficient (Wildman–Crippen LogP) is 1.39. The molecule has 1 aromatic heterocycles. The molecule has 0 aliphatic carbocycles. The molecule has 0 aromatic carbocycles. The van der Waals surface area contributed by atoms with Gasteiger partial charge in [0.2, 0.25) is 10.0 Å². The van der Waals surface area contributed by atoms with E-state index in [1.165, 1.54) is 0 Å². The van der Waals surface area contributed by atoms with E-state index >= 15 is 0 Å². The third-order valence-electron chi connectivity index (χ3n) is 3.79. The van der Waals surface area contributed by atoms with Gasteiger partial charge in [0.1, 0.15) is 4.90 Å².